The fourth-order valence-electron chi connectivity index (χ4n) is 3.45. The lowest BCUT2D eigenvalue weighted by Gasteiger charge is -2.26. The maximum atomic E-state index is 12.0. The number of para-hydroxylation sites is 2. The second-order valence-corrected chi connectivity index (χ2v) is 9.91. The molecule has 2 aliphatic heterocycles. The molecule has 0 amide bonds. The number of ether oxygens (including phenoxy) is 1. The van der Waals surface area contributed by atoms with Crippen LogP contribution in [0.2, 0.25) is 0 Å². The summed E-state index contributed by atoms with van der Waals surface area (Å²) in [6.45, 7) is 0.650. The standard InChI is InChI=1S/C20H22N2O3S2/c23-27(24)14-18-19(15-27)22(16-8-3-1-4-9-16)20(21-18)26-13-7-12-25-17-10-5-2-6-11-17/h1-6,8-11,18-19H,7,12-15H2/t18-,19-/m0/s1. The van der Waals surface area contributed by atoms with Crippen molar-refractivity contribution in [3.8, 4) is 5.75 Å². The van der Waals surface area contributed by atoms with E-state index in [0.717, 1.165) is 28.8 Å². The largest absolute Gasteiger partial charge is 0.494 e. The number of sulfone groups is 1. The van der Waals surface area contributed by atoms with E-state index in [1.807, 2.05) is 60.7 Å². The summed E-state index contributed by atoms with van der Waals surface area (Å²) < 4.78 is 29.8. The van der Waals surface area contributed by atoms with E-state index in [-0.39, 0.29) is 23.6 Å². The van der Waals surface area contributed by atoms with Crippen LogP contribution in [0.15, 0.2) is 65.7 Å². The first-order valence-corrected chi connectivity index (χ1v) is 11.9. The first kappa shape index (κ1) is 18.4. The Morgan fingerprint density at radius 2 is 1.74 bits per heavy atom. The topological polar surface area (TPSA) is 59.0 Å². The van der Waals surface area contributed by atoms with E-state index in [2.05, 4.69) is 4.90 Å². The predicted octanol–water partition coefficient (Wildman–Crippen LogP) is 3.23. The minimum absolute atomic E-state index is 0.0829. The molecule has 142 valence electrons. The summed E-state index contributed by atoms with van der Waals surface area (Å²) in [6, 6.07) is 19.5. The molecule has 0 saturated carbocycles. The summed E-state index contributed by atoms with van der Waals surface area (Å²) in [5.41, 5.74) is 1.01. The van der Waals surface area contributed by atoms with E-state index in [9.17, 15) is 8.42 Å². The van der Waals surface area contributed by atoms with Crippen molar-refractivity contribution < 1.29 is 13.2 Å². The predicted molar refractivity (Wildman–Crippen MR) is 112 cm³/mol. The van der Waals surface area contributed by atoms with Gasteiger partial charge in [0.2, 0.25) is 0 Å². The van der Waals surface area contributed by atoms with Crippen LogP contribution in [-0.4, -0.2) is 49.5 Å². The SMILES string of the molecule is O=S1(=O)C[C@@H]2N=C(SCCCOc3ccccc3)N(c3ccccc3)[C@H]2C1. The lowest BCUT2D eigenvalue weighted by molar-refractivity contribution is 0.319. The zero-order valence-corrected chi connectivity index (χ0v) is 16.5. The van der Waals surface area contributed by atoms with Crippen LogP contribution in [0.4, 0.5) is 5.69 Å². The van der Waals surface area contributed by atoms with Crippen molar-refractivity contribution in [3.63, 3.8) is 0 Å². The van der Waals surface area contributed by atoms with Gasteiger partial charge >= 0.3 is 0 Å². The van der Waals surface area contributed by atoms with Crippen LogP contribution in [0.1, 0.15) is 6.42 Å². The van der Waals surface area contributed by atoms with E-state index in [1.165, 1.54) is 0 Å². The van der Waals surface area contributed by atoms with Crippen LogP contribution in [-0.2, 0) is 9.84 Å². The van der Waals surface area contributed by atoms with Crippen molar-refractivity contribution in [3.05, 3.63) is 60.7 Å². The summed E-state index contributed by atoms with van der Waals surface area (Å²) in [5, 5.41) is 0.922. The van der Waals surface area contributed by atoms with Gasteiger partial charge in [-0.05, 0) is 30.7 Å². The van der Waals surface area contributed by atoms with Crippen molar-refractivity contribution in [2.45, 2.75) is 18.5 Å². The van der Waals surface area contributed by atoms with Gasteiger partial charge < -0.3 is 9.64 Å². The molecule has 2 heterocycles. The highest BCUT2D eigenvalue weighted by Gasteiger charge is 2.46. The van der Waals surface area contributed by atoms with Gasteiger partial charge in [-0.3, -0.25) is 4.99 Å². The van der Waals surface area contributed by atoms with Crippen molar-refractivity contribution in [1.29, 1.82) is 0 Å². The number of fused-ring (bicyclic) bond motifs is 1. The molecule has 27 heavy (non-hydrogen) atoms. The molecule has 4 rings (SSSR count). The maximum absolute atomic E-state index is 12.0. The Hall–Kier alpha value is -1.99. The highest BCUT2D eigenvalue weighted by Crippen LogP contribution is 2.35. The van der Waals surface area contributed by atoms with Crippen LogP contribution in [0.25, 0.3) is 0 Å². The second-order valence-electron chi connectivity index (χ2n) is 6.69. The van der Waals surface area contributed by atoms with E-state index >= 15 is 0 Å². The molecule has 0 spiro atoms. The Morgan fingerprint density at radius 3 is 2.48 bits per heavy atom. The average Bonchev–Trinajstić information content (AvgIpc) is 3.14. The molecule has 0 aliphatic carbocycles. The number of nitrogens with zero attached hydrogens (tertiary/aromatic N) is 2. The number of benzene rings is 2. The third-order valence-electron chi connectivity index (χ3n) is 4.67. The highest BCUT2D eigenvalue weighted by molar-refractivity contribution is 8.14. The Morgan fingerprint density at radius 1 is 1.04 bits per heavy atom. The van der Waals surface area contributed by atoms with E-state index in [0.29, 0.717) is 6.61 Å². The van der Waals surface area contributed by atoms with E-state index in [1.54, 1.807) is 11.8 Å². The number of amidine groups is 1. The lowest BCUT2D eigenvalue weighted by Crippen LogP contribution is -2.39. The summed E-state index contributed by atoms with van der Waals surface area (Å²) >= 11 is 1.68. The van der Waals surface area contributed by atoms with Crippen LogP contribution >= 0.6 is 11.8 Å². The number of hydrogen-bond donors (Lipinski definition) is 0. The van der Waals surface area contributed by atoms with E-state index in [4.69, 9.17) is 9.73 Å². The normalized spacial score (nSPS) is 23.1. The molecule has 2 aromatic rings. The molecule has 0 N–H and O–H groups in total. The highest BCUT2D eigenvalue weighted by atomic mass is 32.2. The Balaban J connectivity index is 1.38. The van der Waals surface area contributed by atoms with Crippen LogP contribution in [0, 0.1) is 0 Å². The van der Waals surface area contributed by atoms with Gasteiger partial charge in [0, 0.05) is 11.4 Å². The molecule has 2 atom stereocenters. The zero-order chi connectivity index (χ0) is 18.7. The molecular formula is C20H22N2O3S2. The third kappa shape index (κ3) is 4.30. The monoisotopic (exact) mass is 402 g/mol. The minimum Gasteiger partial charge on any atom is -0.494 e. The first-order valence-electron chi connectivity index (χ1n) is 9.05. The van der Waals surface area contributed by atoms with Gasteiger partial charge in [-0.15, -0.1) is 0 Å². The molecule has 1 fully saturated rings. The van der Waals surface area contributed by atoms with E-state index < -0.39 is 9.84 Å². The molecule has 1 saturated heterocycles. The van der Waals surface area contributed by atoms with Crippen molar-refractivity contribution in [1.82, 2.24) is 0 Å². The van der Waals surface area contributed by atoms with Gasteiger partial charge in [-0.25, -0.2) is 8.42 Å². The fourth-order valence-corrected chi connectivity index (χ4v) is 6.33. The van der Waals surface area contributed by atoms with Crippen LogP contribution < -0.4 is 9.64 Å². The molecule has 5 nitrogen and oxygen atoms in total. The Kier molecular flexibility index (Phi) is 5.41. The van der Waals surface area contributed by atoms with Crippen molar-refractivity contribution in [2.75, 3.05) is 28.8 Å². The Labute approximate surface area is 164 Å². The number of thioether (sulfide) groups is 1. The quantitative estimate of drug-likeness (QED) is 0.695. The molecule has 0 unspecified atom stereocenters. The number of aliphatic imine (C=N–C) groups is 1. The van der Waals surface area contributed by atoms with Gasteiger partial charge in [0.25, 0.3) is 0 Å². The second kappa shape index (κ2) is 7.94. The molecule has 7 heteroatoms. The first-order chi connectivity index (χ1) is 13.1. The van der Waals surface area contributed by atoms with Gasteiger partial charge in [-0.2, -0.15) is 0 Å². The van der Waals surface area contributed by atoms with Gasteiger partial charge in [0.15, 0.2) is 15.0 Å². The molecule has 0 bridgehead atoms. The molecule has 2 aromatic carbocycles. The minimum atomic E-state index is -3.01. The fraction of sp³-hybridized carbons (Fsp3) is 0.350. The number of hydrogen-bond acceptors (Lipinski definition) is 6. The Bertz CT molecular complexity index is 901. The molecular weight excluding hydrogens is 380 g/mol. The molecule has 2 aliphatic rings. The number of anilines is 1. The molecule has 0 radical (unpaired) electrons. The van der Waals surface area contributed by atoms with Crippen LogP contribution in [0.5, 0.6) is 5.75 Å². The van der Waals surface area contributed by atoms with Crippen molar-refractivity contribution in [2.24, 2.45) is 4.99 Å². The summed E-state index contributed by atoms with van der Waals surface area (Å²) in [5.74, 6) is 2.09. The molecule has 0 aromatic heterocycles. The smallest absolute Gasteiger partial charge is 0.164 e. The third-order valence-corrected chi connectivity index (χ3v) is 7.43. The van der Waals surface area contributed by atoms with Crippen LogP contribution in [0.3, 0.4) is 0 Å². The van der Waals surface area contributed by atoms with Crippen molar-refractivity contribution >= 4 is 32.5 Å². The summed E-state index contributed by atoms with van der Waals surface area (Å²) in [6.07, 6.45) is 0.898. The summed E-state index contributed by atoms with van der Waals surface area (Å²) in [4.78, 5) is 6.85. The number of rotatable bonds is 6. The lowest BCUT2D eigenvalue weighted by atomic mass is 10.1. The zero-order valence-electron chi connectivity index (χ0n) is 14.9. The maximum Gasteiger partial charge on any atom is 0.164 e. The van der Waals surface area contributed by atoms with Gasteiger partial charge in [0.1, 0.15) is 5.75 Å². The van der Waals surface area contributed by atoms with Gasteiger partial charge in [0.05, 0.1) is 30.2 Å². The average molecular weight is 403 g/mol. The van der Waals surface area contributed by atoms with Gasteiger partial charge in [-0.1, -0.05) is 48.2 Å². The summed E-state index contributed by atoms with van der Waals surface area (Å²) in [7, 11) is -3.01.